The summed E-state index contributed by atoms with van der Waals surface area (Å²) in [5, 5.41) is 0. The Hall–Kier alpha value is -2.08. The summed E-state index contributed by atoms with van der Waals surface area (Å²) in [5.74, 6) is 0.169. The van der Waals surface area contributed by atoms with E-state index in [-0.39, 0.29) is 18.3 Å². The SMILES string of the molecule is COCc1nc(-c2occc2C)oc1C(=O)OC. The number of oxazole rings is 1. The smallest absolute Gasteiger partial charge is 0.376 e. The zero-order valence-corrected chi connectivity index (χ0v) is 10.4. The van der Waals surface area contributed by atoms with Gasteiger partial charge in [-0.2, -0.15) is 0 Å². The number of furan rings is 1. The molecule has 2 aromatic heterocycles. The van der Waals surface area contributed by atoms with E-state index in [0.29, 0.717) is 11.5 Å². The second kappa shape index (κ2) is 5.05. The van der Waals surface area contributed by atoms with Crippen LogP contribution in [0.4, 0.5) is 0 Å². The fourth-order valence-electron chi connectivity index (χ4n) is 1.53. The van der Waals surface area contributed by atoms with Crippen LogP contribution in [-0.4, -0.2) is 25.2 Å². The molecule has 0 radical (unpaired) electrons. The van der Waals surface area contributed by atoms with Gasteiger partial charge in [-0.15, -0.1) is 0 Å². The molecule has 0 fully saturated rings. The Kier molecular flexibility index (Phi) is 3.47. The summed E-state index contributed by atoms with van der Waals surface area (Å²) in [7, 11) is 2.78. The van der Waals surface area contributed by atoms with Crippen molar-refractivity contribution in [3.63, 3.8) is 0 Å². The molecule has 0 amide bonds. The molecular formula is C12H13NO5. The number of hydrogen-bond acceptors (Lipinski definition) is 6. The maximum Gasteiger partial charge on any atom is 0.376 e. The van der Waals surface area contributed by atoms with Gasteiger partial charge in [-0.05, 0) is 13.0 Å². The molecule has 6 heteroatoms. The van der Waals surface area contributed by atoms with Crippen molar-refractivity contribution in [3.05, 3.63) is 29.3 Å². The molecule has 2 heterocycles. The summed E-state index contributed by atoms with van der Waals surface area (Å²) >= 11 is 0. The highest BCUT2D eigenvalue weighted by Crippen LogP contribution is 2.26. The molecular weight excluding hydrogens is 238 g/mol. The Morgan fingerprint density at radius 3 is 2.78 bits per heavy atom. The van der Waals surface area contributed by atoms with Gasteiger partial charge in [0.05, 0.1) is 20.0 Å². The molecule has 96 valence electrons. The number of nitrogens with zero attached hydrogens (tertiary/aromatic N) is 1. The van der Waals surface area contributed by atoms with Crippen LogP contribution in [0.1, 0.15) is 21.8 Å². The summed E-state index contributed by atoms with van der Waals surface area (Å²) in [5.41, 5.74) is 1.26. The molecule has 0 unspecified atom stereocenters. The van der Waals surface area contributed by atoms with Crippen molar-refractivity contribution < 1.29 is 23.1 Å². The van der Waals surface area contributed by atoms with Gasteiger partial charge in [0.15, 0.2) is 5.76 Å². The number of carbonyl (C=O) groups is 1. The van der Waals surface area contributed by atoms with Crippen molar-refractivity contribution in [1.29, 1.82) is 0 Å². The van der Waals surface area contributed by atoms with Crippen LogP contribution in [0.15, 0.2) is 21.2 Å². The van der Waals surface area contributed by atoms with Gasteiger partial charge in [0.2, 0.25) is 5.76 Å². The normalized spacial score (nSPS) is 10.6. The molecule has 2 rings (SSSR count). The van der Waals surface area contributed by atoms with Crippen LogP contribution in [0, 0.1) is 6.92 Å². The van der Waals surface area contributed by atoms with Gasteiger partial charge >= 0.3 is 5.97 Å². The molecule has 0 saturated carbocycles. The number of rotatable bonds is 4. The summed E-state index contributed by atoms with van der Waals surface area (Å²) < 4.78 is 20.2. The average Bonchev–Trinajstić information content (AvgIpc) is 2.95. The van der Waals surface area contributed by atoms with Crippen LogP contribution >= 0.6 is 0 Å². The molecule has 0 saturated heterocycles. The van der Waals surface area contributed by atoms with Gasteiger partial charge in [0.1, 0.15) is 5.69 Å². The largest absolute Gasteiger partial charge is 0.463 e. The zero-order chi connectivity index (χ0) is 13.1. The van der Waals surface area contributed by atoms with Crippen LogP contribution in [0.3, 0.4) is 0 Å². The number of hydrogen-bond donors (Lipinski definition) is 0. The third kappa shape index (κ3) is 2.14. The first kappa shape index (κ1) is 12.4. The number of aromatic nitrogens is 1. The molecule has 0 aromatic carbocycles. The molecule has 0 bridgehead atoms. The lowest BCUT2D eigenvalue weighted by Gasteiger charge is -1.96. The molecule has 18 heavy (non-hydrogen) atoms. The lowest BCUT2D eigenvalue weighted by Crippen LogP contribution is -2.04. The Balaban J connectivity index is 2.45. The van der Waals surface area contributed by atoms with Crippen molar-refractivity contribution in [3.8, 4) is 11.7 Å². The minimum absolute atomic E-state index is 0.0325. The first-order chi connectivity index (χ1) is 8.67. The van der Waals surface area contributed by atoms with E-state index in [2.05, 4.69) is 9.72 Å². The van der Waals surface area contributed by atoms with E-state index in [9.17, 15) is 4.79 Å². The highest BCUT2D eigenvalue weighted by molar-refractivity contribution is 5.87. The van der Waals surface area contributed by atoms with E-state index in [1.807, 2.05) is 6.92 Å². The Bertz CT molecular complexity index is 555. The first-order valence-electron chi connectivity index (χ1n) is 5.28. The van der Waals surface area contributed by atoms with Crippen molar-refractivity contribution in [1.82, 2.24) is 4.98 Å². The average molecular weight is 251 g/mol. The quantitative estimate of drug-likeness (QED) is 0.775. The summed E-state index contributed by atoms with van der Waals surface area (Å²) in [6.45, 7) is 2.02. The van der Waals surface area contributed by atoms with E-state index >= 15 is 0 Å². The standard InChI is InChI=1S/C12H13NO5/c1-7-4-5-17-9(7)11-13-8(6-15-2)10(18-11)12(14)16-3/h4-5H,6H2,1-3H3. The van der Waals surface area contributed by atoms with Gasteiger partial charge in [-0.25, -0.2) is 9.78 Å². The maximum absolute atomic E-state index is 11.5. The zero-order valence-electron chi connectivity index (χ0n) is 10.4. The van der Waals surface area contributed by atoms with E-state index < -0.39 is 5.97 Å². The highest BCUT2D eigenvalue weighted by atomic mass is 16.5. The van der Waals surface area contributed by atoms with Crippen LogP contribution < -0.4 is 0 Å². The van der Waals surface area contributed by atoms with Crippen molar-refractivity contribution in [2.75, 3.05) is 14.2 Å². The van der Waals surface area contributed by atoms with Crippen LogP contribution in [0.25, 0.3) is 11.7 Å². The van der Waals surface area contributed by atoms with E-state index in [0.717, 1.165) is 5.56 Å². The summed E-state index contributed by atoms with van der Waals surface area (Å²) in [6.07, 6.45) is 1.53. The molecule has 6 nitrogen and oxygen atoms in total. The Morgan fingerprint density at radius 1 is 1.44 bits per heavy atom. The molecule has 0 aliphatic heterocycles. The second-order valence-corrected chi connectivity index (χ2v) is 3.65. The minimum atomic E-state index is -0.593. The Labute approximate surface area is 104 Å². The molecule has 0 atom stereocenters. The minimum Gasteiger partial charge on any atom is -0.463 e. The van der Waals surface area contributed by atoms with Gasteiger partial charge in [0.25, 0.3) is 5.89 Å². The summed E-state index contributed by atoms with van der Waals surface area (Å²) in [4.78, 5) is 15.7. The lowest BCUT2D eigenvalue weighted by atomic mass is 10.3. The fraction of sp³-hybridized carbons (Fsp3) is 0.333. The maximum atomic E-state index is 11.5. The second-order valence-electron chi connectivity index (χ2n) is 3.65. The Morgan fingerprint density at radius 2 is 2.22 bits per heavy atom. The van der Waals surface area contributed by atoms with Crippen molar-refractivity contribution in [2.45, 2.75) is 13.5 Å². The van der Waals surface area contributed by atoms with Crippen LogP contribution in [0.2, 0.25) is 0 Å². The molecule has 0 aliphatic rings. The molecule has 2 aromatic rings. The number of ether oxygens (including phenoxy) is 2. The molecule has 0 N–H and O–H groups in total. The van der Waals surface area contributed by atoms with Crippen LogP contribution in [-0.2, 0) is 16.1 Å². The van der Waals surface area contributed by atoms with Gasteiger partial charge in [-0.1, -0.05) is 0 Å². The van der Waals surface area contributed by atoms with Gasteiger partial charge < -0.3 is 18.3 Å². The number of aryl methyl sites for hydroxylation is 1. The number of esters is 1. The molecule has 0 spiro atoms. The number of carbonyl (C=O) groups excluding carboxylic acids is 1. The predicted molar refractivity (Wildman–Crippen MR) is 61.0 cm³/mol. The lowest BCUT2D eigenvalue weighted by molar-refractivity contribution is 0.0559. The number of methoxy groups -OCH3 is 2. The third-order valence-corrected chi connectivity index (χ3v) is 2.41. The van der Waals surface area contributed by atoms with Crippen LogP contribution in [0.5, 0.6) is 0 Å². The third-order valence-electron chi connectivity index (χ3n) is 2.41. The first-order valence-corrected chi connectivity index (χ1v) is 5.28. The monoisotopic (exact) mass is 251 g/mol. The molecule has 0 aliphatic carbocycles. The van der Waals surface area contributed by atoms with Gasteiger partial charge in [0, 0.05) is 12.7 Å². The van der Waals surface area contributed by atoms with Crippen molar-refractivity contribution >= 4 is 5.97 Å². The predicted octanol–water partition coefficient (Wildman–Crippen LogP) is 2.18. The topological polar surface area (TPSA) is 74.7 Å². The summed E-state index contributed by atoms with van der Waals surface area (Å²) in [6, 6.07) is 1.79. The van der Waals surface area contributed by atoms with E-state index in [1.165, 1.54) is 20.5 Å². The fourth-order valence-corrected chi connectivity index (χ4v) is 1.53. The van der Waals surface area contributed by atoms with Crippen molar-refractivity contribution in [2.24, 2.45) is 0 Å². The van der Waals surface area contributed by atoms with E-state index in [4.69, 9.17) is 13.6 Å². The highest BCUT2D eigenvalue weighted by Gasteiger charge is 2.23. The van der Waals surface area contributed by atoms with E-state index in [1.54, 1.807) is 6.07 Å². The van der Waals surface area contributed by atoms with Gasteiger partial charge in [-0.3, -0.25) is 0 Å².